The van der Waals surface area contributed by atoms with E-state index in [2.05, 4.69) is 18.8 Å². The summed E-state index contributed by atoms with van der Waals surface area (Å²) in [6.07, 6.45) is 7.93. The molecule has 4 nitrogen and oxygen atoms in total. The summed E-state index contributed by atoms with van der Waals surface area (Å²) in [4.78, 5) is 4.21. The van der Waals surface area contributed by atoms with Crippen molar-refractivity contribution in [2.75, 3.05) is 0 Å². The highest BCUT2D eigenvalue weighted by molar-refractivity contribution is 8.13. The van der Waals surface area contributed by atoms with Crippen LogP contribution in [-0.4, -0.2) is 18.0 Å². The van der Waals surface area contributed by atoms with Gasteiger partial charge in [-0.3, -0.25) is 0 Å². The lowest BCUT2D eigenvalue weighted by molar-refractivity contribution is 0.284. The van der Waals surface area contributed by atoms with Gasteiger partial charge in [0.1, 0.15) is 5.82 Å². The summed E-state index contributed by atoms with van der Waals surface area (Å²) in [7, 11) is 1.67. The van der Waals surface area contributed by atoms with Gasteiger partial charge in [0.2, 0.25) is 0 Å². The maximum absolute atomic E-state index is 11.4. The molecule has 0 N–H and O–H groups in total. The predicted octanol–water partition coefficient (Wildman–Crippen LogP) is 3.51. The second-order valence-corrected chi connectivity index (χ2v) is 8.02. The SMILES string of the molecule is CCCc1nc(S(=O)(=O)Cl)cn1C1CCC(C)CC1. The van der Waals surface area contributed by atoms with E-state index in [1.54, 1.807) is 6.20 Å². The van der Waals surface area contributed by atoms with Crippen molar-refractivity contribution in [3.05, 3.63) is 12.0 Å². The number of hydrogen-bond acceptors (Lipinski definition) is 3. The van der Waals surface area contributed by atoms with Crippen LogP contribution in [0.2, 0.25) is 0 Å². The van der Waals surface area contributed by atoms with E-state index in [1.807, 2.05) is 4.57 Å². The van der Waals surface area contributed by atoms with Crippen molar-refractivity contribution < 1.29 is 8.42 Å². The molecule has 0 atom stereocenters. The Morgan fingerprint density at radius 3 is 2.53 bits per heavy atom. The number of aromatic nitrogens is 2. The largest absolute Gasteiger partial charge is 0.330 e. The first-order chi connectivity index (χ1) is 8.91. The number of hydrogen-bond donors (Lipinski definition) is 0. The zero-order valence-corrected chi connectivity index (χ0v) is 13.0. The van der Waals surface area contributed by atoms with Crippen molar-refractivity contribution in [3.8, 4) is 0 Å². The molecule has 1 fully saturated rings. The van der Waals surface area contributed by atoms with Crippen LogP contribution in [0.15, 0.2) is 11.2 Å². The topological polar surface area (TPSA) is 52.0 Å². The maximum Gasteiger partial charge on any atom is 0.280 e. The van der Waals surface area contributed by atoms with E-state index in [0.717, 1.165) is 37.4 Å². The maximum atomic E-state index is 11.4. The number of nitrogens with zero attached hydrogens (tertiary/aromatic N) is 2. The summed E-state index contributed by atoms with van der Waals surface area (Å²) < 4.78 is 24.9. The van der Waals surface area contributed by atoms with Crippen molar-refractivity contribution in [2.45, 2.75) is 63.4 Å². The Bertz CT molecular complexity index is 531. The highest BCUT2D eigenvalue weighted by Gasteiger charge is 2.24. The normalized spacial score (nSPS) is 24.6. The molecule has 0 bridgehead atoms. The average Bonchev–Trinajstić information content (AvgIpc) is 2.74. The molecule has 1 aromatic rings. The van der Waals surface area contributed by atoms with Crippen LogP contribution in [0.25, 0.3) is 0 Å². The minimum atomic E-state index is -3.73. The van der Waals surface area contributed by atoms with Crippen molar-refractivity contribution in [1.82, 2.24) is 9.55 Å². The molecule has 0 unspecified atom stereocenters. The first kappa shape index (κ1) is 14.9. The summed E-state index contributed by atoms with van der Waals surface area (Å²) in [5, 5.41) is -0.00348. The molecule has 0 radical (unpaired) electrons. The van der Waals surface area contributed by atoms with Crippen LogP contribution in [-0.2, 0) is 15.5 Å². The Morgan fingerprint density at radius 1 is 1.37 bits per heavy atom. The third-order valence-corrected chi connectivity index (χ3v) is 5.06. The molecule has 108 valence electrons. The molecule has 6 heteroatoms. The average molecular weight is 305 g/mol. The van der Waals surface area contributed by atoms with Gasteiger partial charge in [0.25, 0.3) is 9.05 Å². The third-order valence-electron chi connectivity index (χ3n) is 3.89. The van der Waals surface area contributed by atoms with E-state index < -0.39 is 9.05 Å². The van der Waals surface area contributed by atoms with Crippen LogP contribution >= 0.6 is 10.7 Å². The molecule has 0 amide bonds. The second kappa shape index (κ2) is 5.83. The van der Waals surface area contributed by atoms with E-state index in [1.165, 1.54) is 12.8 Å². The summed E-state index contributed by atoms with van der Waals surface area (Å²) in [6, 6.07) is 0.373. The van der Waals surface area contributed by atoms with Crippen LogP contribution in [0.1, 0.15) is 57.8 Å². The van der Waals surface area contributed by atoms with E-state index in [4.69, 9.17) is 10.7 Å². The highest BCUT2D eigenvalue weighted by atomic mass is 35.7. The minimum absolute atomic E-state index is 0.00348. The first-order valence-corrected chi connectivity index (χ1v) is 9.25. The summed E-state index contributed by atoms with van der Waals surface area (Å²) in [6.45, 7) is 4.34. The Balaban J connectivity index is 2.30. The van der Waals surface area contributed by atoms with Gasteiger partial charge in [0.15, 0.2) is 5.03 Å². The first-order valence-electron chi connectivity index (χ1n) is 6.94. The van der Waals surface area contributed by atoms with Gasteiger partial charge in [0.05, 0.1) is 0 Å². The van der Waals surface area contributed by atoms with E-state index >= 15 is 0 Å². The van der Waals surface area contributed by atoms with Gasteiger partial charge in [-0.1, -0.05) is 13.8 Å². The van der Waals surface area contributed by atoms with Gasteiger partial charge < -0.3 is 4.57 Å². The van der Waals surface area contributed by atoms with Crippen LogP contribution in [0.4, 0.5) is 0 Å². The second-order valence-electron chi connectivity index (χ2n) is 5.50. The van der Waals surface area contributed by atoms with Gasteiger partial charge in [-0.15, -0.1) is 0 Å². The zero-order chi connectivity index (χ0) is 14.0. The zero-order valence-electron chi connectivity index (χ0n) is 11.5. The van der Waals surface area contributed by atoms with Gasteiger partial charge in [0, 0.05) is 29.3 Å². The molecule has 2 rings (SSSR count). The fraction of sp³-hybridized carbons (Fsp3) is 0.769. The number of imidazole rings is 1. The Kier molecular flexibility index (Phi) is 4.56. The molecular weight excluding hydrogens is 284 g/mol. The van der Waals surface area contributed by atoms with Gasteiger partial charge in [-0.05, 0) is 38.0 Å². The lowest BCUT2D eigenvalue weighted by Gasteiger charge is -2.28. The monoisotopic (exact) mass is 304 g/mol. The standard InChI is InChI=1S/C13H21ClN2O2S/c1-3-4-12-15-13(19(14,17)18)9-16(12)11-7-5-10(2)6-8-11/h9-11H,3-8H2,1-2H3. The molecule has 0 aromatic carbocycles. The predicted molar refractivity (Wildman–Crippen MR) is 75.9 cm³/mol. The molecule has 0 saturated heterocycles. The molecular formula is C13H21ClN2O2S. The smallest absolute Gasteiger partial charge is 0.280 e. The fourth-order valence-corrected chi connectivity index (χ4v) is 3.45. The molecule has 1 aliphatic rings. The van der Waals surface area contributed by atoms with Crippen molar-refractivity contribution in [3.63, 3.8) is 0 Å². The molecule has 19 heavy (non-hydrogen) atoms. The van der Waals surface area contributed by atoms with Crippen LogP contribution in [0.3, 0.4) is 0 Å². The van der Waals surface area contributed by atoms with E-state index in [9.17, 15) is 8.42 Å². The van der Waals surface area contributed by atoms with Crippen molar-refractivity contribution in [1.29, 1.82) is 0 Å². The Hall–Kier alpha value is -0.550. The molecule has 0 aliphatic heterocycles. The van der Waals surface area contributed by atoms with Crippen molar-refractivity contribution >= 4 is 19.7 Å². The molecule has 1 aromatic heterocycles. The lowest BCUT2D eigenvalue weighted by Crippen LogP contribution is -2.18. The lowest BCUT2D eigenvalue weighted by atomic mass is 9.87. The van der Waals surface area contributed by atoms with E-state index in [0.29, 0.717) is 6.04 Å². The van der Waals surface area contributed by atoms with Crippen LogP contribution in [0, 0.1) is 5.92 Å². The third kappa shape index (κ3) is 3.51. The number of aryl methyl sites for hydroxylation is 1. The quantitative estimate of drug-likeness (QED) is 0.800. The van der Waals surface area contributed by atoms with Gasteiger partial charge in [-0.2, -0.15) is 0 Å². The molecule has 1 aliphatic carbocycles. The highest BCUT2D eigenvalue weighted by Crippen LogP contribution is 2.33. The number of rotatable bonds is 4. The fourth-order valence-electron chi connectivity index (χ4n) is 2.77. The molecule has 0 spiro atoms. The van der Waals surface area contributed by atoms with E-state index in [-0.39, 0.29) is 5.03 Å². The molecule has 1 heterocycles. The summed E-state index contributed by atoms with van der Waals surface area (Å²) in [5.41, 5.74) is 0. The van der Waals surface area contributed by atoms with Gasteiger partial charge >= 0.3 is 0 Å². The Labute approximate surface area is 119 Å². The number of halogens is 1. The van der Waals surface area contributed by atoms with Crippen LogP contribution < -0.4 is 0 Å². The van der Waals surface area contributed by atoms with Crippen LogP contribution in [0.5, 0.6) is 0 Å². The van der Waals surface area contributed by atoms with Gasteiger partial charge in [-0.25, -0.2) is 13.4 Å². The molecule has 1 saturated carbocycles. The van der Waals surface area contributed by atoms with Crippen molar-refractivity contribution in [2.24, 2.45) is 5.92 Å². The minimum Gasteiger partial charge on any atom is -0.330 e. The Morgan fingerprint density at radius 2 is 2.00 bits per heavy atom. The summed E-state index contributed by atoms with van der Waals surface area (Å²) >= 11 is 0. The summed E-state index contributed by atoms with van der Waals surface area (Å²) in [5.74, 6) is 1.62.